The molecule has 2 aliphatic carbocycles. The number of imidazole rings is 1. The molecule has 3 heterocycles. The molecule has 0 radical (unpaired) electrons. The Morgan fingerprint density at radius 3 is 2.71 bits per heavy atom. The van der Waals surface area contributed by atoms with Gasteiger partial charge in [0.15, 0.2) is 11.5 Å². The normalized spacial score (nSPS) is 24.2. The maximum atomic E-state index is 13.9. The highest BCUT2D eigenvalue weighted by molar-refractivity contribution is 9.10. The maximum Gasteiger partial charge on any atom is 0.281 e. The van der Waals surface area contributed by atoms with Gasteiger partial charge in [-0.05, 0) is 63.1 Å². The number of carbonyl (C=O) groups is 1. The average molecular weight is 525 g/mol. The third kappa shape index (κ3) is 3.56. The minimum Gasteiger partial charge on any atom is -0.353 e. The number of aryl methyl sites for hydroxylation is 1. The van der Waals surface area contributed by atoms with Crippen LogP contribution in [-0.2, 0) is 6.54 Å². The highest BCUT2D eigenvalue weighted by atomic mass is 79.9. The Morgan fingerprint density at radius 1 is 1.12 bits per heavy atom. The molecule has 0 spiro atoms. The number of anilines is 2. The summed E-state index contributed by atoms with van der Waals surface area (Å²) in [5.41, 5.74) is 3.05. The Kier molecular flexibility index (Phi) is 5.66. The van der Waals surface area contributed by atoms with Crippen molar-refractivity contribution in [1.82, 2.24) is 14.5 Å². The van der Waals surface area contributed by atoms with Gasteiger partial charge in [-0.2, -0.15) is 4.98 Å². The first kappa shape index (κ1) is 22.1. The van der Waals surface area contributed by atoms with Crippen molar-refractivity contribution in [2.45, 2.75) is 89.9 Å². The van der Waals surface area contributed by atoms with Crippen LogP contribution in [-0.4, -0.2) is 51.0 Å². The third-order valence-electron chi connectivity index (χ3n) is 7.97. The minimum atomic E-state index is 0.0165. The lowest BCUT2D eigenvalue weighted by molar-refractivity contribution is 0.0836. The smallest absolute Gasteiger partial charge is 0.281 e. The van der Waals surface area contributed by atoms with E-state index < -0.39 is 0 Å². The lowest BCUT2D eigenvalue weighted by Gasteiger charge is -2.35. The summed E-state index contributed by atoms with van der Waals surface area (Å²) in [4.78, 5) is 28.2. The third-order valence-corrected chi connectivity index (χ3v) is 8.82. The number of aliphatic imine (C=N–C) groups is 1. The number of guanidine groups is 1. The summed E-state index contributed by atoms with van der Waals surface area (Å²) in [6.07, 6.45) is 9.50. The van der Waals surface area contributed by atoms with E-state index in [9.17, 15) is 4.79 Å². The topological polar surface area (TPSA) is 65.8 Å². The molecule has 2 aromatic rings. The molecule has 34 heavy (non-hydrogen) atoms. The highest BCUT2D eigenvalue weighted by Crippen LogP contribution is 2.42. The molecule has 2 saturated carbocycles. The molecule has 1 aromatic carbocycles. The molecular weight excluding hydrogens is 492 g/mol. The minimum absolute atomic E-state index is 0.0165. The molecule has 1 N–H and O–H groups in total. The van der Waals surface area contributed by atoms with E-state index in [1.165, 1.54) is 31.2 Å². The van der Waals surface area contributed by atoms with Gasteiger partial charge < -0.3 is 5.32 Å². The predicted molar refractivity (Wildman–Crippen MR) is 139 cm³/mol. The summed E-state index contributed by atoms with van der Waals surface area (Å²) in [6, 6.07) is 7.44. The molecule has 6 rings (SSSR count). The second kappa shape index (κ2) is 8.70. The molecule has 1 amide bonds. The van der Waals surface area contributed by atoms with Crippen LogP contribution in [0.15, 0.2) is 27.7 Å². The van der Waals surface area contributed by atoms with Crippen molar-refractivity contribution < 1.29 is 4.79 Å². The monoisotopic (exact) mass is 524 g/mol. The molecule has 180 valence electrons. The van der Waals surface area contributed by atoms with Crippen molar-refractivity contribution in [3.63, 3.8) is 0 Å². The van der Waals surface area contributed by atoms with E-state index in [0.29, 0.717) is 30.9 Å². The zero-order chi connectivity index (χ0) is 23.4. The fourth-order valence-corrected chi connectivity index (χ4v) is 6.54. The Labute approximate surface area is 209 Å². The number of benzene rings is 1. The Bertz CT molecular complexity index is 1150. The van der Waals surface area contributed by atoms with Crippen LogP contribution in [0.4, 0.5) is 11.8 Å². The van der Waals surface area contributed by atoms with Gasteiger partial charge in [0.1, 0.15) is 0 Å². The molecule has 8 heteroatoms. The fourth-order valence-electron chi connectivity index (χ4n) is 6.12. The van der Waals surface area contributed by atoms with Crippen molar-refractivity contribution in [3.8, 4) is 0 Å². The number of fused-ring (bicyclic) bond motifs is 5. The van der Waals surface area contributed by atoms with Gasteiger partial charge in [-0.25, -0.2) is 4.99 Å². The van der Waals surface area contributed by atoms with E-state index in [1.54, 1.807) is 0 Å². The largest absolute Gasteiger partial charge is 0.353 e. The van der Waals surface area contributed by atoms with E-state index >= 15 is 0 Å². The summed E-state index contributed by atoms with van der Waals surface area (Å²) >= 11 is 3.68. The molecule has 0 bridgehead atoms. The molecule has 7 nitrogen and oxygen atoms in total. The van der Waals surface area contributed by atoms with Crippen molar-refractivity contribution in [2.24, 2.45) is 4.99 Å². The molecule has 2 fully saturated rings. The lowest BCUT2D eigenvalue weighted by atomic mass is 9.96. The van der Waals surface area contributed by atoms with E-state index in [2.05, 4.69) is 55.8 Å². The first-order valence-corrected chi connectivity index (χ1v) is 13.7. The Hall–Kier alpha value is -2.35. The van der Waals surface area contributed by atoms with Crippen LogP contribution < -0.4 is 10.2 Å². The number of carbonyl (C=O) groups excluding carboxylic acids is 1. The molecule has 2 atom stereocenters. The van der Waals surface area contributed by atoms with E-state index in [0.717, 1.165) is 53.4 Å². The lowest BCUT2D eigenvalue weighted by Crippen LogP contribution is -2.53. The standard InChI is InChI=1S/C26H33BrN6O/c1-3-31-24(34)22-23(33-21-11-7-10-20(21)29-26(31)33)30-25(28-18-8-5-4-6-9-18)32(22)15-17-13-12-16(2)19(27)14-17/h12-14,18,20-21H,3-11,15H2,1-2H3,(H,28,30). The second-order valence-corrected chi connectivity index (χ2v) is 11.0. The van der Waals surface area contributed by atoms with Crippen molar-refractivity contribution in [3.05, 3.63) is 39.5 Å². The number of aromatic nitrogens is 2. The molecule has 2 aliphatic heterocycles. The molecule has 0 saturated heterocycles. The average Bonchev–Trinajstić information content (AvgIpc) is 3.51. The summed E-state index contributed by atoms with van der Waals surface area (Å²) in [6.45, 7) is 5.35. The number of hydrogen-bond donors (Lipinski definition) is 1. The number of amides is 1. The van der Waals surface area contributed by atoms with Crippen LogP contribution in [0, 0.1) is 6.92 Å². The van der Waals surface area contributed by atoms with Gasteiger partial charge in [0.05, 0.1) is 18.6 Å². The highest BCUT2D eigenvalue weighted by Gasteiger charge is 2.49. The number of nitrogens with one attached hydrogen (secondary N) is 1. The maximum absolute atomic E-state index is 13.9. The SMILES string of the molecule is CCN1C(=O)c2c(nc(NC3CCCCC3)n2Cc2ccc(C)c(Br)c2)N2C1=NC1CCCC12. The van der Waals surface area contributed by atoms with Gasteiger partial charge in [-0.1, -0.05) is 47.3 Å². The van der Waals surface area contributed by atoms with E-state index in [1.807, 2.05) is 11.8 Å². The summed E-state index contributed by atoms with van der Waals surface area (Å²) in [7, 11) is 0. The fraction of sp³-hybridized carbons (Fsp3) is 0.577. The number of rotatable bonds is 5. The van der Waals surface area contributed by atoms with Crippen LogP contribution in [0.25, 0.3) is 0 Å². The zero-order valence-corrected chi connectivity index (χ0v) is 21.6. The molecule has 4 aliphatic rings. The van der Waals surface area contributed by atoms with Gasteiger partial charge in [0, 0.05) is 17.1 Å². The summed E-state index contributed by atoms with van der Waals surface area (Å²) < 4.78 is 3.22. The first-order chi connectivity index (χ1) is 16.5. The number of nitrogens with zero attached hydrogens (tertiary/aromatic N) is 5. The second-order valence-electron chi connectivity index (χ2n) is 10.2. The van der Waals surface area contributed by atoms with Crippen LogP contribution >= 0.6 is 15.9 Å². The molecule has 2 unspecified atom stereocenters. The number of hydrogen-bond acceptors (Lipinski definition) is 5. The van der Waals surface area contributed by atoms with Crippen LogP contribution in [0.3, 0.4) is 0 Å². The van der Waals surface area contributed by atoms with E-state index in [4.69, 9.17) is 9.98 Å². The van der Waals surface area contributed by atoms with Crippen LogP contribution in [0.2, 0.25) is 0 Å². The quantitative estimate of drug-likeness (QED) is 0.574. The van der Waals surface area contributed by atoms with Gasteiger partial charge in [0.2, 0.25) is 11.9 Å². The first-order valence-electron chi connectivity index (χ1n) is 12.9. The van der Waals surface area contributed by atoms with E-state index in [-0.39, 0.29) is 11.9 Å². The summed E-state index contributed by atoms with van der Waals surface area (Å²) in [5.74, 6) is 2.44. The van der Waals surface area contributed by atoms with Crippen molar-refractivity contribution >= 4 is 39.6 Å². The van der Waals surface area contributed by atoms with Gasteiger partial charge >= 0.3 is 0 Å². The van der Waals surface area contributed by atoms with Crippen molar-refractivity contribution in [2.75, 3.05) is 16.8 Å². The van der Waals surface area contributed by atoms with Gasteiger partial charge in [0.25, 0.3) is 5.91 Å². The predicted octanol–water partition coefficient (Wildman–Crippen LogP) is 5.32. The van der Waals surface area contributed by atoms with Gasteiger partial charge in [-0.3, -0.25) is 19.2 Å². The Morgan fingerprint density at radius 2 is 1.94 bits per heavy atom. The molecule has 1 aromatic heterocycles. The zero-order valence-electron chi connectivity index (χ0n) is 20.1. The van der Waals surface area contributed by atoms with Crippen LogP contribution in [0.5, 0.6) is 0 Å². The summed E-state index contributed by atoms with van der Waals surface area (Å²) in [5, 5.41) is 3.75. The number of halogens is 1. The molecular formula is C26H33BrN6O. The Balaban J connectivity index is 1.46. The van der Waals surface area contributed by atoms with Crippen molar-refractivity contribution in [1.29, 1.82) is 0 Å². The van der Waals surface area contributed by atoms with Crippen LogP contribution in [0.1, 0.15) is 79.9 Å². The van der Waals surface area contributed by atoms with Gasteiger partial charge in [-0.15, -0.1) is 0 Å².